The Bertz CT molecular complexity index is 1290. The van der Waals surface area contributed by atoms with Crippen LogP contribution in [0, 0.1) is 18.3 Å². The van der Waals surface area contributed by atoms with Crippen molar-refractivity contribution >= 4 is 5.91 Å². The second-order valence-electron chi connectivity index (χ2n) is 9.33. The van der Waals surface area contributed by atoms with Crippen LogP contribution in [0.1, 0.15) is 43.0 Å². The predicted molar refractivity (Wildman–Crippen MR) is 134 cm³/mol. The molecule has 1 aliphatic heterocycles. The van der Waals surface area contributed by atoms with E-state index in [1.807, 2.05) is 37.8 Å². The molecule has 4 rings (SSSR count). The highest BCUT2D eigenvalue weighted by Crippen LogP contribution is 2.32. The molecule has 2 heterocycles. The molecule has 9 nitrogen and oxygen atoms in total. The lowest BCUT2D eigenvalue weighted by molar-refractivity contribution is -0.131. The van der Waals surface area contributed by atoms with Gasteiger partial charge in [0, 0.05) is 30.8 Å². The van der Waals surface area contributed by atoms with Gasteiger partial charge in [0.1, 0.15) is 11.8 Å². The third-order valence-electron chi connectivity index (χ3n) is 6.13. The highest BCUT2D eigenvalue weighted by molar-refractivity contribution is 5.79. The minimum Gasteiger partial charge on any atom is -0.490 e. The average molecular weight is 490 g/mol. The quantitative estimate of drug-likeness (QED) is 0.494. The number of benzene rings is 2. The zero-order chi connectivity index (χ0) is 25.8. The molecule has 0 spiro atoms. The lowest BCUT2D eigenvalue weighted by Gasteiger charge is -2.30. The van der Waals surface area contributed by atoms with E-state index in [4.69, 9.17) is 9.26 Å². The second kappa shape index (κ2) is 10.9. The van der Waals surface area contributed by atoms with Crippen molar-refractivity contribution in [2.24, 2.45) is 0 Å². The molecule has 0 unspecified atom stereocenters. The Kier molecular flexibility index (Phi) is 7.67. The molecule has 0 radical (unpaired) electrons. The summed E-state index contributed by atoms with van der Waals surface area (Å²) < 4.78 is 11.2. The number of aliphatic hydroxyl groups is 1. The summed E-state index contributed by atoms with van der Waals surface area (Å²) in [4.78, 5) is 19.0. The molecular weight excluding hydrogens is 458 g/mol. The van der Waals surface area contributed by atoms with Crippen molar-refractivity contribution in [1.29, 1.82) is 5.26 Å². The van der Waals surface area contributed by atoms with Gasteiger partial charge in [-0.1, -0.05) is 17.3 Å². The number of aliphatic hydroxyl groups excluding tert-OH is 1. The number of carbonyl (C=O) groups is 1. The monoisotopic (exact) mass is 489 g/mol. The fraction of sp³-hybridized carbons (Fsp3) is 0.407. The van der Waals surface area contributed by atoms with Crippen LogP contribution in [0.2, 0.25) is 0 Å². The minimum absolute atomic E-state index is 0.0207. The highest BCUT2D eigenvalue weighted by atomic mass is 16.5. The van der Waals surface area contributed by atoms with E-state index < -0.39 is 6.10 Å². The van der Waals surface area contributed by atoms with Gasteiger partial charge >= 0.3 is 0 Å². The van der Waals surface area contributed by atoms with Crippen molar-refractivity contribution < 1.29 is 19.2 Å². The largest absolute Gasteiger partial charge is 0.490 e. The number of ether oxygens (including phenoxy) is 1. The molecule has 2 aromatic carbocycles. The van der Waals surface area contributed by atoms with Crippen LogP contribution in [-0.4, -0.2) is 57.9 Å². The van der Waals surface area contributed by atoms with Crippen molar-refractivity contribution in [1.82, 2.24) is 20.4 Å². The van der Waals surface area contributed by atoms with Crippen LogP contribution >= 0.6 is 0 Å². The first kappa shape index (κ1) is 25.4. The fourth-order valence-electron chi connectivity index (χ4n) is 4.35. The number of nitrogens with zero attached hydrogens (tertiary/aromatic N) is 4. The molecule has 188 valence electrons. The van der Waals surface area contributed by atoms with Crippen LogP contribution in [0.15, 0.2) is 34.9 Å². The highest BCUT2D eigenvalue weighted by Gasteiger charge is 2.24. The predicted octanol–water partition coefficient (Wildman–Crippen LogP) is 3.23. The molecule has 9 heteroatoms. The molecule has 1 amide bonds. The van der Waals surface area contributed by atoms with E-state index in [0.717, 1.165) is 23.1 Å². The third-order valence-corrected chi connectivity index (χ3v) is 6.13. The van der Waals surface area contributed by atoms with Gasteiger partial charge in [-0.3, -0.25) is 4.79 Å². The summed E-state index contributed by atoms with van der Waals surface area (Å²) in [5.74, 6) is 1.35. The van der Waals surface area contributed by atoms with E-state index in [2.05, 4.69) is 21.5 Å². The Labute approximate surface area is 210 Å². The normalized spacial score (nSPS) is 13.9. The van der Waals surface area contributed by atoms with Crippen molar-refractivity contribution in [3.05, 3.63) is 52.6 Å². The Morgan fingerprint density at radius 3 is 2.83 bits per heavy atom. The van der Waals surface area contributed by atoms with Gasteiger partial charge in [0.25, 0.3) is 5.89 Å². The topological polar surface area (TPSA) is 125 Å². The lowest BCUT2D eigenvalue weighted by atomic mass is 9.91. The maximum atomic E-state index is 12.5. The van der Waals surface area contributed by atoms with Crippen LogP contribution in [0.5, 0.6) is 5.75 Å². The molecule has 3 aromatic rings. The summed E-state index contributed by atoms with van der Waals surface area (Å²) in [6.45, 7) is 9.32. The van der Waals surface area contributed by atoms with E-state index >= 15 is 0 Å². The number of hydrogen-bond donors (Lipinski definition) is 2. The Morgan fingerprint density at radius 1 is 1.31 bits per heavy atom. The Hall–Kier alpha value is -3.74. The molecule has 0 saturated heterocycles. The van der Waals surface area contributed by atoms with Gasteiger partial charge in [-0.15, -0.1) is 0 Å². The van der Waals surface area contributed by atoms with Gasteiger partial charge in [-0.05, 0) is 69.0 Å². The van der Waals surface area contributed by atoms with E-state index in [1.165, 1.54) is 5.56 Å². The van der Waals surface area contributed by atoms with Crippen molar-refractivity contribution in [3.8, 4) is 34.7 Å². The number of nitriles is 1. The molecule has 1 aliphatic rings. The van der Waals surface area contributed by atoms with Crippen LogP contribution in [-0.2, 0) is 17.8 Å². The molecule has 1 aromatic heterocycles. The smallest absolute Gasteiger partial charge is 0.258 e. The number of fused-ring (bicyclic) bond motifs is 1. The van der Waals surface area contributed by atoms with Gasteiger partial charge in [0.05, 0.1) is 24.3 Å². The summed E-state index contributed by atoms with van der Waals surface area (Å²) in [6, 6.07) is 11.4. The number of aromatic nitrogens is 2. The number of amides is 1. The van der Waals surface area contributed by atoms with E-state index in [9.17, 15) is 15.2 Å². The SMILES string of the molecule is Cc1c(-c2noc(-c3ccc(OC(C)C)c(C#N)c3)n2)ccc2c1CCN(C(=O)CNC[C@H](C)O)C2. The van der Waals surface area contributed by atoms with Gasteiger partial charge in [-0.25, -0.2) is 0 Å². The molecule has 1 atom stereocenters. The molecule has 0 saturated carbocycles. The van der Waals surface area contributed by atoms with Crippen LogP contribution < -0.4 is 10.1 Å². The summed E-state index contributed by atoms with van der Waals surface area (Å²) in [6.07, 6.45) is 0.213. The van der Waals surface area contributed by atoms with Gasteiger partial charge in [-0.2, -0.15) is 10.2 Å². The number of nitrogens with one attached hydrogen (secondary N) is 1. The zero-order valence-corrected chi connectivity index (χ0v) is 21.0. The second-order valence-corrected chi connectivity index (χ2v) is 9.33. The average Bonchev–Trinajstić information content (AvgIpc) is 3.33. The molecule has 0 fully saturated rings. The molecule has 0 bridgehead atoms. The summed E-state index contributed by atoms with van der Waals surface area (Å²) in [5.41, 5.74) is 5.30. The third kappa shape index (κ3) is 5.56. The Morgan fingerprint density at radius 2 is 2.11 bits per heavy atom. The lowest BCUT2D eigenvalue weighted by Crippen LogP contribution is -2.42. The summed E-state index contributed by atoms with van der Waals surface area (Å²) >= 11 is 0. The first-order chi connectivity index (χ1) is 17.3. The van der Waals surface area contributed by atoms with Crippen molar-refractivity contribution in [3.63, 3.8) is 0 Å². The maximum absolute atomic E-state index is 12.5. The number of hydrogen-bond acceptors (Lipinski definition) is 8. The molecule has 0 aliphatic carbocycles. The van der Waals surface area contributed by atoms with Crippen LogP contribution in [0.3, 0.4) is 0 Å². The summed E-state index contributed by atoms with van der Waals surface area (Å²) in [5, 5.41) is 26.1. The standard InChI is InChI=1S/C27H31N5O4/c1-16(2)35-24-8-6-19(11-21(24)12-28)27-30-26(31-36-27)23-7-5-20-15-32(10-9-22(20)18(23)4)25(34)14-29-13-17(3)33/h5-8,11,16-17,29,33H,9-10,13-15H2,1-4H3/t17-/m0/s1. The van der Waals surface area contributed by atoms with E-state index in [0.29, 0.717) is 48.2 Å². The molecule has 2 N–H and O–H groups in total. The maximum Gasteiger partial charge on any atom is 0.258 e. The van der Waals surface area contributed by atoms with Gasteiger partial charge in [0.15, 0.2) is 0 Å². The minimum atomic E-state index is -0.488. The molecule has 36 heavy (non-hydrogen) atoms. The Balaban J connectivity index is 1.52. The fourth-order valence-corrected chi connectivity index (χ4v) is 4.35. The molecular formula is C27H31N5O4. The van der Waals surface area contributed by atoms with Crippen LogP contribution in [0.25, 0.3) is 22.8 Å². The number of carbonyl (C=O) groups excluding carboxylic acids is 1. The number of rotatable bonds is 8. The summed E-state index contributed by atoms with van der Waals surface area (Å²) in [7, 11) is 0. The van der Waals surface area contributed by atoms with Gasteiger partial charge in [0.2, 0.25) is 11.7 Å². The zero-order valence-electron chi connectivity index (χ0n) is 21.0. The van der Waals surface area contributed by atoms with Crippen molar-refractivity contribution in [2.75, 3.05) is 19.6 Å². The van der Waals surface area contributed by atoms with Crippen LogP contribution in [0.4, 0.5) is 0 Å². The van der Waals surface area contributed by atoms with E-state index in [1.54, 1.807) is 25.1 Å². The van der Waals surface area contributed by atoms with E-state index in [-0.39, 0.29) is 18.6 Å². The van der Waals surface area contributed by atoms with Crippen molar-refractivity contribution in [2.45, 2.75) is 52.9 Å². The van der Waals surface area contributed by atoms with Gasteiger partial charge < -0.3 is 24.6 Å². The first-order valence-corrected chi connectivity index (χ1v) is 12.1. The first-order valence-electron chi connectivity index (χ1n) is 12.1.